The van der Waals surface area contributed by atoms with Gasteiger partial charge in [-0.3, -0.25) is 14.4 Å². The third-order valence-electron chi connectivity index (χ3n) is 5.45. The number of hydrogen-bond acceptors (Lipinski definition) is 17. The zero-order valence-electron chi connectivity index (χ0n) is 17.8. The van der Waals surface area contributed by atoms with E-state index in [0.717, 1.165) is 0 Å². The van der Waals surface area contributed by atoms with Gasteiger partial charge in [-0.1, -0.05) is 0 Å². The van der Waals surface area contributed by atoms with Gasteiger partial charge in [0, 0.05) is 12.8 Å². The van der Waals surface area contributed by atoms with Crippen molar-refractivity contribution in [3.8, 4) is 0 Å². The lowest BCUT2D eigenvalue weighted by atomic mass is 10.0. The summed E-state index contributed by atoms with van der Waals surface area (Å²) in [6, 6.07) is 0. The second kappa shape index (κ2) is 12.3. The van der Waals surface area contributed by atoms with Crippen molar-refractivity contribution in [2.45, 2.75) is 93.3 Å². The first-order valence-electron chi connectivity index (χ1n) is 10.3. The van der Waals surface area contributed by atoms with E-state index < -0.39 is 80.5 Å². The standard InChI is InChI=1S/C18H26O17/c19-3-28-15-10(25)6(22)2-9(33-15)32-14-11(26)12(27)16(35-18(14)30-5-21)34-13-7(23)1-8(24)31-17(13)29-4-20/h3-18,22-27H,1-2H2/t6?,7?,8-,9-,10+,11-,12?,13+,14+,15-,16-,17-,18?/m1/s1. The Morgan fingerprint density at radius 2 is 1.17 bits per heavy atom. The molecule has 200 valence electrons. The largest absolute Gasteiger partial charge is 0.435 e. The van der Waals surface area contributed by atoms with Crippen LogP contribution < -0.4 is 0 Å². The molecule has 3 aliphatic heterocycles. The second-order valence-corrected chi connectivity index (χ2v) is 7.74. The molecule has 0 aromatic carbocycles. The number of rotatable bonds is 10. The first kappa shape index (κ1) is 27.6. The Bertz CT molecular complexity index is 709. The van der Waals surface area contributed by atoms with Crippen LogP contribution in [0.3, 0.4) is 0 Å². The lowest BCUT2D eigenvalue weighted by molar-refractivity contribution is -0.399. The summed E-state index contributed by atoms with van der Waals surface area (Å²) in [5.41, 5.74) is 0. The highest BCUT2D eigenvalue weighted by Gasteiger charge is 2.52. The van der Waals surface area contributed by atoms with E-state index in [-0.39, 0.29) is 32.3 Å². The predicted octanol–water partition coefficient (Wildman–Crippen LogP) is -5.10. The maximum Gasteiger partial charge on any atom is 0.295 e. The molecule has 3 fully saturated rings. The average Bonchev–Trinajstić information content (AvgIpc) is 2.80. The third kappa shape index (κ3) is 6.40. The third-order valence-corrected chi connectivity index (χ3v) is 5.45. The van der Waals surface area contributed by atoms with Crippen molar-refractivity contribution in [2.75, 3.05) is 0 Å². The molecule has 6 N–H and O–H groups in total. The van der Waals surface area contributed by atoms with Crippen molar-refractivity contribution in [3.05, 3.63) is 0 Å². The zero-order chi connectivity index (χ0) is 25.7. The quantitative estimate of drug-likeness (QED) is 0.118. The Hall–Kier alpha value is -2.03. The number of carbonyl (C=O) groups is 3. The van der Waals surface area contributed by atoms with Crippen LogP contribution in [-0.4, -0.2) is 131 Å². The Kier molecular flexibility index (Phi) is 9.67. The van der Waals surface area contributed by atoms with Crippen LogP contribution in [-0.2, 0) is 52.3 Å². The number of carbonyl (C=O) groups excluding carboxylic acids is 3. The van der Waals surface area contributed by atoms with E-state index in [0.29, 0.717) is 0 Å². The van der Waals surface area contributed by atoms with Crippen molar-refractivity contribution in [3.63, 3.8) is 0 Å². The maximum atomic E-state index is 11.0. The van der Waals surface area contributed by atoms with Gasteiger partial charge in [-0.05, 0) is 0 Å². The monoisotopic (exact) mass is 514 g/mol. The van der Waals surface area contributed by atoms with Gasteiger partial charge in [-0.2, -0.15) is 0 Å². The topological polar surface area (TPSA) is 246 Å². The summed E-state index contributed by atoms with van der Waals surface area (Å²) >= 11 is 0. The predicted molar refractivity (Wildman–Crippen MR) is 98.7 cm³/mol. The van der Waals surface area contributed by atoms with Crippen LogP contribution in [0.1, 0.15) is 12.8 Å². The van der Waals surface area contributed by atoms with Gasteiger partial charge >= 0.3 is 0 Å². The molecule has 0 radical (unpaired) electrons. The highest BCUT2D eigenvalue weighted by molar-refractivity contribution is 5.38. The van der Waals surface area contributed by atoms with E-state index in [1.165, 1.54) is 0 Å². The van der Waals surface area contributed by atoms with Crippen LogP contribution >= 0.6 is 0 Å². The number of ether oxygens (including phenoxy) is 8. The molecule has 0 aliphatic carbocycles. The maximum absolute atomic E-state index is 11.0. The molecule has 0 aromatic rings. The van der Waals surface area contributed by atoms with E-state index in [1.54, 1.807) is 0 Å². The SMILES string of the molecule is O=COC1O[C@@H](O[C@H]2C(O)C[C@H](O)O[C@H]2OC=O)C(O)[C@@H](O)[C@@H]1O[C@H]1CC(O)[C@H](O)[C@H](OC=O)O1. The van der Waals surface area contributed by atoms with Gasteiger partial charge in [0.15, 0.2) is 25.0 Å². The molecule has 35 heavy (non-hydrogen) atoms. The van der Waals surface area contributed by atoms with Gasteiger partial charge < -0.3 is 68.5 Å². The smallest absolute Gasteiger partial charge is 0.295 e. The molecule has 3 saturated heterocycles. The van der Waals surface area contributed by atoms with Crippen LogP contribution in [0.4, 0.5) is 0 Å². The van der Waals surface area contributed by atoms with Crippen LogP contribution in [0.15, 0.2) is 0 Å². The molecule has 0 bridgehead atoms. The fourth-order valence-corrected chi connectivity index (χ4v) is 3.75. The van der Waals surface area contributed by atoms with Crippen molar-refractivity contribution in [1.82, 2.24) is 0 Å². The number of aliphatic hydroxyl groups is 6. The van der Waals surface area contributed by atoms with E-state index in [9.17, 15) is 45.0 Å². The lowest BCUT2D eigenvalue weighted by Crippen LogP contribution is -2.63. The van der Waals surface area contributed by atoms with Gasteiger partial charge in [0.25, 0.3) is 19.4 Å². The van der Waals surface area contributed by atoms with Gasteiger partial charge in [0.1, 0.15) is 24.4 Å². The minimum Gasteiger partial charge on any atom is -0.435 e. The molecule has 0 aromatic heterocycles. The summed E-state index contributed by atoms with van der Waals surface area (Å²) in [7, 11) is 0. The molecule has 17 nitrogen and oxygen atoms in total. The van der Waals surface area contributed by atoms with E-state index >= 15 is 0 Å². The number of aliphatic hydroxyl groups excluding tert-OH is 6. The van der Waals surface area contributed by atoms with Crippen LogP contribution in [0.5, 0.6) is 0 Å². The minimum atomic E-state index is -1.91. The summed E-state index contributed by atoms with van der Waals surface area (Å²) in [4.78, 5) is 32.3. The summed E-state index contributed by atoms with van der Waals surface area (Å²) in [6.45, 7) is -0.123. The molecule has 4 unspecified atom stereocenters. The first-order chi connectivity index (χ1) is 16.7. The van der Waals surface area contributed by atoms with E-state index in [1.807, 2.05) is 0 Å². The summed E-state index contributed by atoms with van der Waals surface area (Å²) < 4.78 is 40.3. The molecular weight excluding hydrogens is 488 g/mol. The van der Waals surface area contributed by atoms with Crippen LogP contribution in [0.2, 0.25) is 0 Å². The molecule has 0 saturated carbocycles. The van der Waals surface area contributed by atoms with Gasteiger partial charge in [-0.25, -0.2) is 0 Å². The number of hydrogen-bond donors (Lipinski definition) is 6. The van der Waals surface area contributed by atoms with Gasteiger partial charge in [0.2, 0.25) is 18.9 Å². The Morgan fingerprint density at radius 3 is 1.80 bits per heavy atom. The highest BCUT2D eigenvalue weighted by atomic mass is 16.8. The molecule has 13 atom stereocenters. The fourth-order valence-electron chi connectivity index (χ4n) is 3.75. The average molecular weight is 514 g/mol. The molecule has 0 spiro atoms. The van der Waals surface area contributed by atoms with Crippen LogP contribution in [0.25, 0.3) is 0 Å². The summed E-state index contributed by atoms with van der Waals surface area (Å²) in [5, 5.41) is 60.7. The van der Waals surface area contributed by atoms with Crippen molar-refractivity contribution < 1.29 is 82.9 Å². The Labute approximate surface area is 196 Å². The van der Waals surface area contributed by atoms with Gasteiger partial charge in [0.05, 0.1) is 12.2 Å². The Morgan fingerprint density at radius 1 is 0.571 bits per heavy atom. The minimum absolute atomic E-state index is 0.0297. The summed E-state index contributed by atoms with van der Waals surface area (Å²) in [5.74, 6) is 0. The molecule has 3 heterocycles. The fraction of sp³-hybridized carbons (Fsp3) is 0.833. The van der Waals surface area contributed by atoms with Gasteiger partial charge in [-0.15, -0.1) is 0 Å². The summed E-state index contributed by atoms with van der Waals surface area (Å²) in [6.07, 6.45) is -21.9. The molecular formula is C18H26O17. The molecule has 17 heteroatoms. The van der Waals surface area contributed by atoms with Crippen molar-refractivity contribution >= 4 is 19.4 Å². The van der Waals surface area contributed by atoms with Crippen LogP contribution in [0, 0.1) is 0 Å². The van der Waals surface area contributed by atoms with Crippen molar-refractivity contribution in [1.29, 1.82) is 0 Å². The molecule has 3 aliphatic rings. The molecule has 0 amide bonds. The first-order valence-corrected chi connectivity index (χ1v) is 10.3. The normalized spacial score (nSPS) is 46.3. The van der Waals surface area contributed by atoms with Crippen molar-refractivity contribution in [2.24, 2.45) is 0 Å². The molecule has 3 rings (SSSR count). The van der Waals surface area contributed by atoms with E-state index in [2.05, 4.69) is 9.47 Å². The second-order valence-electron chi connectivity index (χ2n) is 7.74. The van der Waals surface area contributed by atoms with E-state index in [4.69, 9.17) is 28.4 Å². The Balaban J connectivity index is 1.71. The lowest BCUT2D eigenvalue weighted by Gasteiger charge is -2.45. The zero-order valence-corrected chi connectivity index (χ0v) is 17.8. The highest BCUT2D eigenvalue weighted by Crippen LogP contribution is 2.32.